The number of phosphoric ester groups is 1. The van der Waals surface area contributed by atoms with Crippen molar-refractivity contribution in [3.8, 4) is 0 Å². The van der Waals surface area contributed by atoms with Gasteiger partial charge in [0.05, 0.1) is 27.7 Å². The Morgan fingerprint density at radius 1 is 0.378 bits per heavy atom. The monoisotopic (exact) mass is 1160 g/mol. The van der Waals surface area contributed by atoms with Gasteiger partial charge in [-0.2, -0.15) is 0 Å². The molecule has 0 saturated carbocycles. The van der Waals surface area contributed by atoms with E-state index < -0.39 is 26.5 Å². The van der Waals surface area contributed by atoms with Crippen molar-refractivity contribution in [1.82, 2.24) is 0 Å². The maximum absolute atomic E-state index is 12.9. The zero-order valence-electron chi connectivity index (χ0n) is 53.4. The molecule has 82 heavy (non-hydrogen) atoms. The molecule has 0 rings (SSSR count). The number of quaternary nitrogens is 1. The van der Waals surface area contributed by atoms with E-state index in [1.54, 1.807) is 0 Å². The first kappa shape index (κ1) is 78.4. The Morgan fingerprint density at radius 3 is 0.976 bits per heavy atom. The first-order valence-electron chi connectivity index (χ1n) is 33.3. The molecule has 0 aliphatic rings. The second-order valence-electron chi connectivity index (χ2n) is 23.1. The van der Waals surface area contributed by atoms with Crippen LogP contribution >= 0.6 is 7.82 Å². The van der Waals surface area contributed by atoms with Gasteiger partial charge >= 0.3 is 19.8 Å². The highest BCUT2D eigenvalue weighted by atomic mass is 31.2. The van der Waals surface area contributed by atoms with Crippen LogP contribution in [-0.4, -0.2) is 74.9 Å². The quantitative estimate of drug-likeness (QED) is 0.0211. The summed E-state index contributed by atoms with van der Waals surface area (Å²) in [4.78, 5) is 35.9. The molecule has 9 nitrogen and oxygen atoms in total. The predicted octanol–water partition coefficient (Wildman–Crippen LogP) is 21.5. The van der Waals surface area contributed by atoms with Crippen LogP contribution in [-0.2, 0) is 32.7 Å². The van der Waals surface area contributed by atoms with E-state index >= 15 is 0 Å². The molecule has 0 aliphatic heterocycles. The summed E-state index contributed by atoms with van der Waals surface area (Å²) in [5.74, 6) is -0.799. The van der Waals surface area contributed by atoms with Crippen molar-refractivity contribution in [3.05, 3.63) is 122 Å². The lowest BCUT2D eigenvalue weighted by Gasteiger charge is -2.24. The van der Waals surface area contributed by atoms with Crippen molar-refractivity contribution < 1.29 is 42.1 Å². The molecule has 0 saturated heterocycles. The van der Waals surface area contributed by atoms with Crippen molar-refractivity contribution in [2.24, 2.45) is 0 Å². The normalized spacial score (nSPS) is 14.0. The Balaban J connectivity index is 4.10. The number of carbonyl (C=O) groups is 2. The molecular weight excluding hydrogens is 1040 g/mol. The highest BCUT2D eigenvalue weighted by Crippen LogP contribution is 2.43. The second kappa shape index (κ2) is 62.0. The number of ether oxygens (including phenoxy) is 2. The van der Waals surface area contributed by atoms with Gasteiger partial charge in [0.2, 0.25) is 0 Å². The van der Waals surface area contributed by atoms with Gasteiger partial charge in [0.1, 0.15) is 19.8 Å². The molecule has 0 bridgehead atoms. The average Bonchev–Trinajstić information content (AvgIpc) is 3.44. The van der Waals surface area contributed by atoms with Crippen LogP contribution in [0.3, 0.4) is 0 Å². The Morgan fingerprint density at radius 2 is 0.659 bits per heavy atom. The molecule has 0 aromatic rings. The van der Waals surface area contributed by atoms with Gasteiger partial charge in [-0.1, -0.05) is 277 Å². The number of hydrogen-bond donors (Lipinski definition) is 1. The van der Waals surface area contributed by atoms with Crippen molar-refractivity contribution >= 4 is 19.8 Å². The van der Waals surface area contributed by atoms with Crippen LogP contribution in [0.25, 0.3) is 0 Å². The molecule has 2 unspecified atom stereocenters. The number of phosphoric acid groups is 1. The Labute approximate surface area is 505 Å². The maximum Gasteiger partial charge on any atom is 0.472 e. The zero-order valence-corrected chi connectivity index (χ0v) is 54.3. The lowest BCUT2D eigenvalue weighted by molar-refractivity contribution is -0.870. The molecule has 0 fully saturated rings. The van der Waals surface area contributed by atoms with E-state index in [2.05, 4.69) is 135 Å². The van der Waals surface area contributed by atoms with Crippen LogP contribution in [0.1, 0.15) is 271 Å². The summed E-state index contributed by atoms with van der Waals surface area (Å²) < 4.78 is 34.7. The molecule has 0 aliphatic carbocycles. The van der Waals surface area contributed by atoms with E-state index in [1.165, 1.54) is 135 Å². The third kappa shape index (κ3) is 65.6. The summed E-state index contributed by atoms with van der Waals surface area (Å²) in [5, 5.41) is 0. The van der Waals surface area contributed by atoms with Gasteiger partial charge in [0, 0.05) is 12.8 Å². The number of esters is 2. The second-order valence-corrected chi connectivity index (χ2v) is 24.5. The van der Waals surface area contributed by atoms with Crippen LogP contribution in [0.2, 0.25) is 0 Å². The zero-order chi connectivity index (χ0) is 59.8. The Bertz CT molecular complexity index is 1800. The minimum atomic E-state index is -4.40. The van der Waals surface area contributed by atoms with Gasteiger partial charge in [-0.25, -0.2) is 4.57 Å². The number of unbranched alkanes of at least 4 members (excludes halogenated alkanes) is 26. The van der Waals surface area contributed by atoms with E-state index in [0.717, 1.165) is 103 Å². The maximum atomic E-state index is 12.9. The largest absolute Gasteiger partial charge is 0.472 e. The number of rotatable bonds is 60. The fraction of sp³-hybridized carbons (Fsp3) is 0.694. The van der Waals surface area contributed by atoms with Crippen molar-refractivity contribution in [3.63, 3.8) is 0 Å². The molecule has 2 atom stereocenters. The summed E-state index contributed by atoms with van der Waals surface area (Å²) in [5.41, 5.74) is 0. The van der Waals surface area contributed by atoms with Gasteiger partial charge in [-0.05, 0) is 103 Å². The van der Waals surface area contributed by atoms with Gasteiger partial charge in [0.25, 0.3) is 0 Å². The molecule has 0 heterocycles. The van der Waals surface area contributed by atoms with Crippen LogP contribution in [0.4, 0.5) is 0 Å². The fourth-order valence-corrected chi connectivity index (χ4v) is 9.69. The number of likely N-dealkylation sites (N-methyl/N-ethyl adjacent to an activating group) is 1. The lowest BCUT2D eigenvalue weighted by Crippen LogP contribution is -2.37. The van der Waals surface area contributed by atoms with Gasteiger partial charge < -0.3 is 18.9 Å². The van der Waals surface area contributed by atoms with Crippen LogP contribution in [0, 0.1) is 0 Å². The van der Waals surface area contributed by atoms with E-state index in [-0.39, 0.29) is 32.0 Å². The molecule has 10 heteroatoms. The minimum absolute atomic E-state index is 0.0267. The number of allylic oxidation sites excluding steroid dienone is 20. The average molecular weight is 1160 g/mol. The lowest BCUT2D eigenvalue weighted by atomic mass is 10.0. The highest BCUT2D eigenvalue weighted by molar-refractivity contribution is 7.47. The van der Waals surface area contributed by atoms with Crippen molar-refractivity contribution in [1.29, 1.82) is 0 Å². The molecule has 0 aromatic carbocycles. The summed E-state index contributed by atoms with van der Waals surface area (Å²) in [6.45, 7) is 4.22. The van der Waals surface area contributed by atoms with Crippen LogP contribution in [0.15, 0.2) is 122 Å². The summed E-state index contributed by atoms with van der Waals surface area (Å²) in [6, 6.07) is 0. The third-order valence-electron chi connectivity index (χ3n) is 14.0. The summed E-state index contributed by atoms with van der Waals surface area (Å²) in [6.07, 6.45) is 88.5. The van der Waals surface area contributed by atoms with E-state index in [0.29, 0.717) is 17.4 Å². The van der Waals surface area contributed by atoms with Crippen molar-refractivity contribution in [2.75, 3.05) is 47.5 Å². The topological polar surface area (TPSA) is 108 Å². The minimum Gasteiger partial charge on any atom is -0.462 e. The molecule has 0 spiro atoms. The van der Waals surface area contributed by atoms with Gasteiger partial charge in [-0.15, -0.1) is 0 Å². The standard InChI is InChI=1S/C72H124NO8P/c1-6-8-10-12-14-16-18-20-22-24-26-28-30-32-34-36-38-40-42-44-46-48-50-52-54-56-58-60-62-64-71(74)78-68-70(69-80-82(76,77)79-67-66-73(3,4)5)81-72(75)65-63-61-59-57-55-53-51-49-47-45-43-41-39-37-35-33-31-29-27-25-23-21-19-17-15-13-11-9-7-2/h8-11,14-17,20-23,26-29,32-35,70H,6-7,12-13,18-19,24-25,30-31,36-69H2,1-5H3/p+1/b10-8-,11-9-,16-14-,17-15-,22-20-,23-21-,28-26-,29-27-,34-32-,35-33-. The Kier molecular flexibility index (Phi) is 59.2. The molecular formula is C72H125NO8P+. The number of carbonyl (C=O) groups excluding carboxylic acids is 2. The first-order valence-corrected chi connectivity index (χ1v) is 34.8. The molecule has 1 N–H and O–H groups in total. The summed E-state index contributed by atoms with van der Waals surface area (Å²) in [7, 11) is 1.47. The van der Waals surface area contributed by atoms with Crippen molar-refractivity contribution in [2.45, 2.75) is 277 Å². The third-order valence-corrected chi connectivity index (χ3v) is 15.0. The molecule has 0 radical (unpaired) electrons. The molecule has 0 aromatic heterocycles. The molecule has 470 valence electrons. The fourth-order valence-electron chi connectivity index (χ4n) is 8.95. The van der Waals surface area contributed by atoms with Crippen LogP contribution < -0.4 is 0 Å². The predicted molar refractivity (Wildman–Crippen MR) is 353 cm³/mol. The number of nitrogens with zero attached hydrogens (tertiary/aromatic N) is 1. The van der Waals surface area contributed by atoms with E-state index in [4.69, 9.17) is 18.5 Å². The molecule has 0 amide bonds. The van der Waals surface area contributed by atoms with Crippen LogP contribution in [0.5, 0.6) is 0 Å². The first-order chi connectivity index (χ1) is 40.0. The highest BCUT2D eigenvalue weighted by Gasteiger charge is 2.27. The number of hydrogen-bond acceptors (Lipinski definition) is 7. The Hall–Kier alpha value is -3.59. The smallest absolute Gasteiger partial charge is 0.462 e. The van der Waals surface area contributed by atoms with E-state index in [9.17, 15) is 19.0 Å². The van der Waals surface area contributed by atoms with E-state index in [1.807, 2.05) is 21.1 Å². The van der Waals surface area contributed by atoms with Gasteiger partial charge in [0.15, 0.2) is 6.10 Å². The van der Waals surface area contributed by atoms with Gasteiger partial charge in [-0.3, -0.25) is 18.6 Å². The summed E-state index contributed by atoms with van der Waals surface area (Å²) >= 11 is 0. The SMILES string of the molecule is CC/C=C\C/C=C\C/C=C\C/C=C\C/C=C\CCCCCCCCCCCCCCCC(=O)OCC(COP(=O)(O)OCC[N+](C)(C)C)OC(=O)CCCCCCCCCCCCCCC/C=C\C/C=C\C/C=C\C/C=C\C/C=C\CC.